The summed E-state index contributed by atoms with van der Waals surface area (Å²) in [6.45, 7) is 8.19. The first kappa shape index (κ1) is 78.9. The summed E-state index contributed by atoms with van der Waals surface area (Å²) in [6.07, 6.45) is 13.2. The van der Waals surface area contributed by atoms with Gasteiger partial charge in [0.1, 0.15) is 48.3 Å². The Hall–Kier alpha value is -8.11. The van der Waals surface area contributed by atoms with Gasteiger partial charge >= 0.3 is 5.97 Å². The molecule has 0 unspecified atom stereocenters. The highest BCUT2D eigenvalue weighted by atomic mass is 16.4. The molecule has 0 fully saturated rings. The standard InChI is InChI=1S/C60H105N17O12/c1-6-7-8-9-10-11-12-13-14-15-19-29-49(79)72-47(36-41-24-17-16-18-25-41)56(86)71-40(5)52(82)73-43(27-22-33-67-59(63)64)54(84)74-42(26-20-21-32-61)53(83)69-37-50(80)70-39(4)51(81)77-46(35-38(2)3)57(87)75-44(28-23-34-68-60(65)66)55(85)76-45(58(88)89)30-31-48(62)78/h16-18,24-25,38-40,42-47H,6-15,19-23,26-37,61H2,1-5H3,(H2,62,78)(H,69,83)(H,70,80)(H,71,86)(H,72,79)(H,73,82)(H,74,84)(H,75,87)(H,76,85)(H,77,81)(H,88,89)(H4,63,64,67)(H4,65,66,68)/t39-,40-,42-,43-,44-,45-,46-,47-/m0/s1. The van der Waals surface area contributed by atoms with Gasteiger partial charge in [-0.15, -0.1) is 0 Å². The van der Waals surface area contributed by atoms with Crippen molar-refractivity contribution in [1.29, 1.82) is 0 Å². The number of carbonyl (C=O) groups excluding carboxylic acids is 10. The third-order valence-electron chi connectivity index (χ3n) is 14.3. The van der Waals surface area contributed by atoms with E-state index < -0.39 is 114 Å². The van der Waals surface area contributed by atoms with Gasteiger partial charge in [-0.2, -0.15) is 0 Å². The first-order valence-electron chi connectivity index (χ1n) is 31.3. The lowest BCUT2D eigenvalue weighted by atomic mass is 10.0. The number of nitrogens with two attached hydrogens (primary N) is 6. The maximum atomic E-state index is 14.1. The molecule has 1 aromatic rings. The first-order valence-corrected chi connectivity index (χ1v) is 31.3. The molecule has 0 aliphatic heterocycles. The quantitative estimate of drug-likeness (QED) is 0.0224. The normalized spacial score (nSPS) is 13.7. The van der Waals surface area contributed by atoms with E-state index in [1.165, 1.54) is 52.4 Å². The SMILES string of the molecule is CCCCCCCCCCCCCC(=O)N[C@@H](Cc1ccccc1)C(=O)N[C@@H](C)C(=O)N[C@@H](CCCN=C(N)N)C(=O)N[C@@H](CCCCN)C(=O)NCC(=O)N[C@@H](C)C(=O)N[C@@H](CC(C)C)C(=O)N[C@@H](CCCN=C(N)N)C(=O)N[C@@H](CCC(N)=O)C(=O)O. The minimum absolute atomic E-state index is 0.0244. The smallest absolute Gasteiger partial charge is 0.326 e. The number of hydrogen-bond donors (Lipinski definition) is 16. The van der Waals surface area contributed by atoms with Gasteiger partial charge in [0, 0.05) is 32.4 Å². The van der Waals surface area contributed by atoms with Crippen LogP contribution >= 0.6 is 0 Å². The number of carboxylic acid groups (broad SMARTS) is 1. The molecule has 0 heterocycles. The molecule has 502 valence electrons. The highest BCUT2D eigenvalue weighted by Crippen LogP contribution is 2.14. The molecular weight excluding hydrogens is 1150 g/mol. The topological polar surface area (TPSA) is 497 Å². The third-order valence-corrected chi connectivity index (χ3v) is 14.3. The number of primary amides is 1. The third kappa shape index (κ3) is 37.4. The van der Waals surface area contributed by atoms with E-state index in [1.807, 2.05) is 30.3 Å². The molecule has 29 heteroatoms. The van der Waals surface area contributed by atoms with Crippen LogP contribution in [0.4, 0.5) is 0 Å². The number of aliphatic carboxylic acids is 1. The Morgan fingerprint density at radius 1 is 0.449 bits per heavy atom. The van der Waals surface area contributed by atoms with Crippen molar-refractivity contribution in [2.75, 3.05) is 26.2 Å². The average Bonchev–Trinajstić information content (AvgIpc) is 2.95. The molecule has 0 aliphatic carbocycles. The molecule has 22 N–H and O–H groups in total. The maximum absolute atomic E-state index is 14.1. The summed E-state index contributed by atoms with van der Waals surface area (Å²) in [5.41, 5.74) is 33.6. The minimum Gasteiger partial charge on any atom is -0.480 e. The van der Waals surface area contributed by atoms with Crippen LogP contribution in [0.15, 0.2) is 40.3 Å². The van der Waals surface area contributed by atoms with E-state index in [4.69, 9.17) is 34.4 Å². The van der Waals surface area contributed by atoms with E-state index in [1.54, 1.807) is 13.8 Å². The van der Waals surface area contributed by atoms with Crippen molar-refractivity contribution in [2.45, 2.75) is 231 Å². The number of nitrogens with one attached hydrogen (secondary N) is 9. The van der Waals surface area contributed by atoms with Gasteiger partial charge < -0.3 is 87.4 Å². The number of unbranched alkanes of at least 4 members (excludes halogenated alkanes) is 11. The minimum atomic E-state index is -1.53. The highest BCUT2D eigenvalue weighted by molar-refractivity contribution is 5.97. The molecule has 1 rings (SSSR count). The summed E-state index contributed by atoms with van der Waals surface area (Å²) < 4.78 is 0. The number of guanidine groups is 2. The number of rotatable bonds is 49. The number of hydrogen-bond acceptors (Lipinski definition) is 14. The van der Waals surface area contributed by atoms with E-state index in [0.29, 0.717) is 19.3 Å². The zero-order valence-corrected chi connectivity index (χ0v) is 53.0. The summed E-state index contributed by atoms with van der Waals surface area (Å²) in [7, 11) is 0. The van der Waals surface area contributed by atoms with Crippen LogP contribution in [-0.2, 0) is 59.2 Å². The Kier molecular flexibility index (Phi) is 40.8. The van der Waals surface area contributed by atoms with Gasteiger partial charge in [-0.25, -0.2) is 4.79 Å². The van der Waals surface area contributed by atoms with E-state index in [-0.39, 0.29) is 108 Å². The van der Waals surface area contributed by atoms with Crippen molar-refractivity contribution in [2.24, 2.45) is 50.3 Å². The molecule has 0 aliphatic rings. The zero-order valence-electron chi connectivity index (χ0n) is 53.0. The van der Waals surface area contributed by atoms with Gasteiger partial charge in [-0.3, -0.25) is 57.9 Å². The first-order chi connectivity index (χ1) is 42.3. The number of amides is 10. The van der Waals surface area contributed by atoms with Gasteiger partial charge in [0.25, 0.3) is 0 Å². The van der Waals surface area contributed by atoms with Gasteiger partial charge in [0.05, 0.1) is 6.54 Å². The monoisotopic (exact) mass is 1260 g/mol. The predicted octanol–water partition coefficient (Wildman–Crippen LogP) is -0.403. The zero-order chi connectivity index (χ0) is 66.7. The van der Waals surface area contributed by atoms with Crippen LogP contribution in [-0.4, -0.2) is 157 Å². The molecular formula is C60H105N17O12. The Morgan fingerprint density at radius 2 is 0.899 bits per heavy atom. The Bertz CT molecular complexity index is 2420. The molecule has 89 heavy (non-hydrogen) atoms. The number of nitrogens with zero attached hydrogens (tertiary/aromatic N) is 2. The lowest BCUT2D eigenvalue weighted by Gasteiger charge is -2.26. The second kappa shape index (κ2) is 46.1. The van der Waals surface area contributed by atoms with E-state index in [9.17, 15) is 57.8 Å². The van der Waals surface area contributed by atoms with Gasteiger partial charge in [-0.05, 0) is 96.1 Å². The van der Waals surface area contributed by atoms with Crippen LogP contribution in [0.3, 0.4) is 0 Å². The highest BCUT2D eigenvalue weighted by Gasteiger charge is 2.33. The number of benzene rings is 1. The van der Waals surface area contributed by atoms with E-state index in [2.05, 4.69) is 64.8 Å². The fraction of sp³-hybridized carbons (Fsp3) is 0.683. The van der Waals surface area contributed by atoms with Crippen LogP contribution in [0.1, 0.15) is 181 Å². The van der Waals surface area contributed by atoms with Crippen LogP contribution in [0.5, 0.6) is 0 Å². The largest absolute Gasteiger partial charge is 0.480 e. The second-order valence-corrected chi connectivity index (χ2v) is 22.8. The van der Waals surface area contributed by atoms with Gasteiger partial charge in [-0.1, -0.05) is 115 Å². The fourth-order valence-corrected chi connectivity index (χ4v) is 9.27. The summed E-state index contributed by atoms with van der Waals surface area (Å²) in [6, 6.07) is -1.15. The lowest BCUT2D eigenvalue weighted by Crippen LogP contribution is -2.58. The van der Waals surface area contributed by atoms with Gasteiger partial charge in [0.2, 0.25) is 59.1 Å². The number of carbonyl (C=O) groups is 11. The molecule has 0 spiro atoms. The van der Waals surface area contributed by atoms with Crippen LogP contribution in [0.25, 0.3) is 0 Å². The number of carboxylic acids is 1. The van der Waals surface area contributed by atoms with Gasteiger partial charge in [0.15, 0.2) is 11.9 Å². The van der Waals surface area contributed by atoms with Crippen molar-refractivity contribution >= 4 is 77.0 Å². The van der Waals surface area contributed by atoms with Crippen molar-refractivity contribution < 1.29 is 57.8 Å². The predicted molar refractivity (Wildman–Crippen MR) is 339 cm³/mol. The van der Waals surface area contributed by atoms with Crippen molar-refractivity contribution in [3.8, 4) is 0 Å². The van der Waals surface area contributed by atoms with Crippen molar-refractivity contribution in [1.82, 2.24) is 47.9 Å². The lowest BCUT2D eigenvalue weighted by molar-refractivity contribution is -0.142. The summed E-state index contributed by atoms with van der Waals surface area (Å²) >= 11 is 0. The van der Waals surface area contributed by atoms with Crippen molar-refractivity contribution in [3.05, 3.63) is 35.9 Å². The molecule has 0 saturated heterocycles. The second-order valence-electron chi connectivity index (χ2n) is 22.8. The van der Waals surface area contributed by atoms with Crippen LogP contribution in [0.2, 0.25) is 0 Å². The Morgan fingerprint density at radius 3 is 1.39 bits per heavy atom. The molecule has 1 aromatic carbocycles. The summed E-state index contributed by atoms with van der Waals surface area (Å²) in [5, 5.41) is 32.9. The van der Waals surface area contributed by atoms with Crippen molar-refractivity contribution in [3.63, 3.8) is 0 Å². The average molecular weight is 1260 g/mol. The molecule has 0 radical (unpaired) electrons. The molecule has 0 bridgehead atoms. The summed E-state index contributed by atoms with van der Waals surface area (Å²) in [4.78, 5) is 154. The fourth-order valence-electron chi connectivity index (χ4n) is 9.27. The van der Waals surface area contributed by atoms with E-state index in [0.717, 1.165) is 31.2 Å². The summed E-state index contributed by atoms with van der Waals surface area (Å²) in [5.74, 6) is -9.52. The maximum Gasteiger partial charge on any atom is 0.326 e. The molecule has 8 atom stereocenters. The molecule has 29 nitrogen and oxygen atoms in total. The molecule has 0 aromatic heterocycles. The molecule has 10 amide bonds. The van der Waals surface area contributed by atoms with E-state index >= 15 is 0 Å². The van der Waals surface area contributed by atoms with Crippen LogP contribution in [0, 0.1) is 5.92 Å². The number of aliphatic imine (C=N–C) groups is 2. The van der Waals surface area contributed by atoms with Crippen LogP contribution < -0.4 is 82.3 Å². The Labute approximate surface area is 523 Å². The Balaban J connectivity index is 3.17. The molecule has 0 saturated carbocycles.